The Balaban J connectivity index is 1.83. The number of nitro groups is 1. The second-order valence-electron chi connectivity index (χ2n) is 7.20. The number of rotatable bonds is 3. The SMILES string of the molecule is CC(C)N1CC=C(C2=Cc3ccc([N+](=O)[O-])cc3S23OC(=O)C=CC(=O)O3)CC1. The molecule has 1 aromatic carbocycles. The van der Waals surface area contributed by atoms with Crippen LogP contribution in [0.15, 0.2) is 51.8 Å². The van der Waals surface area contributed by atoms with Gasteiger partial charge in [0.1, 0.15) is 0 Å². The fourth-order valence-electron chi connectivity index (χ4n) is 3.59. The van der Waals surface area contributed by atoms with Crippen molar-refractivity contribution in [2.24, 2.45) is 0 Å². The summed E-state index contributed by atoms with van der Waals surface area (Å²) in [7, 11) is -2.98. The smallest absolute Gasteiger partial charge is 0.331 e. The molecule has 8 nitrogen and oxygen atoms in total. The van der Waals surface area contributed by atoms with Crippen LogP contribution in [0.2, 0.25) is 0 Å². The molecule has 0 saturated heterocycles. The Morgan fingerprint density at radius 1 is 1.17 bits per heavy atom. The summed E-state index contributed by atoms with van der Waals surface area (Å²) in [6, 6.07) is 4.71. The summed E-state index contributed by atoms with van der Waals surface area (Å²) >= 11 is 0. The summed E-state index contributed by atoms with van der Waals surface area (Å²) in [4.78, 5) is 38.6. The Morgan fingerprint density at radius 2 is 1.86 bits per heavy atom. The molecule has 0 aliphatic carbocycles. The minimum absolute atomic E-state index is 0.154. The number of nitro benzene ring substituents is 1. The molecule has 9 heteroatoms. The van der Waals surface area contributed by atoms with E-state index in [1.54, 1.807) is 6.07 Å². The summed E-state index contributed by atoms with van der Waals surface area (Å²) in [5.74, 6) is -1.42. The Morgan fingerprint density at radius 3 is 2.41 bits per heavy atom. The number of hydrogen-bond donors (Lipinski definition) is 0. The van der Waals surface area contributed by atoms with Crippen molar-refractivity contribution in [1.82, 2.24) is 4.90 Å². The summed E-state index contributed by atoms with van der Waals surface area (Å²) in [6.45, 7) is 5.77. The summed E-state index contributed by atoms with van der Waals surface area (Å²) in [5, 5.41) is 11.3. The third-order valence-corrected chi connectivity index (χ3v) is 7.81. The zero-order valence-electron chi connectivity index (χ0n) is 16.0. The van der Waals surface area contributed by atoms with E-state index in [4.69, 9.17) is 8.37 Å². The first-order valence-electron chi connectivity index (χ1n) is 9.22. The van der Waals surface area contributed by atoms with Crippen LogP contribution < -0.4 is 0 Å². The first kappa shape index (κ1) is 19.4. The van der Waals surface area contributed by atoms with Gasteiger partial charge in [-0.3, -0.25) is 15.0 Å². The number of benzene rings is 1. The fraction of sp³-hybridized carbons (Fsp3) is 0.300. The van der Waals surface area contributed by atoms with Crippen molar-refractivity contribution in [1.29, 1.82) is 0 Å². The molecular weight excluding hydrogens is 396 g/mol. The highest BCUT2D eigenvalue weighted by atomic mass is 32.3. The standard InChI is InChI=1S/C20H20N2O6S/c1-13(2)21-9-7-14(8-10-21)17-11-15-3-4-16(22(25)26)12-18(15)29(17)27-19(23)5-6-20(24)28-29/h3-7,11-13H,8-10H2,1-2H3. The van der Waals surface area contributed by atoms with Gasteiger partial charge in [0.25, 0.3) is 5.69 Å². The summed E-state index contributed by atoms with van der Waals surface area (Å²) < 4.78 is 11.4. The number of hydrogen-bond acceptors (Lipinski definition) is 7. The van der Waals surface area contributed by atoms with E-state index in [-0.39, 0.29) is 5.69 Å². The average molecular weight is 416 g/mol. The maximum atomic E-state index is 12.3. The molecule has 3 heterocycles. The van der Waals surface area contributed by atoms with E-state index < -0.39 is 27.5 Å². The van der Waals surface area contributed by atoms with E-state index in [0.29, 0.717) is 27.8 Å². The molecule has 4 rings (SSSR count). The van der Waals surface area contributed by atoms with Crippen LogP contribution in [0.3, 0.4) is 0 Å². The third kappa shape index (κ3) is 3.36. The molecule has 0 fully saturated rings. The quantitative estimate of drug-likeness (QED) is 0.548. The maximum Gasteiger partial charge on any atom is 0.354 e. The van der Waals surface area contributed by atoms with Crippen LogP contribution in [0, 0.1) is 10.1 Å². The molecule has 0 amide bonds. The minimum atomic E-state index is -2.98. The molecule has 0 N–H and O–H groups in total. The van der Waals surface area contributed by atoms with Gasteiger partial charge in [-0.1, -0.05) is 16.7 Å². The lowest BCUT2D eigenvalue weighted by atomic mass is 10.0. The Hall–Kier alpha value is -2.91. The number of allylic oxidation sites excluding steroid dienone is 1. The Labute approximate surface area is 169 Å². The van der Waals surface area contributed by atoms with Crippen LogP contribution >= 0.6 is 10.6 Å². The lowest BCUT2D eigenvalue weighted by molar-refractivity contribution is -0.385. The van der Waals surface area contributed by atoms with Gasteiger partial charge in [0, 0.05) is 49.0 Å². The van der Waals surface area contributed by atoms with Crippen molar-refractivity contribution in [2.45, 2.75) is 31.2 Å². The van der Waals surface area contributed by atoms with Crippen LogP contribution in [0.25, 0.3) is 6.08 Å². The van der Waals surface area contributed by atoms with Crippen molar-refractivity contribution in [3.8, 4) is 0 Å². The molecule has 29 heavy (non-hydrogen) atoms. The van der Waals surface area contributed by atoms with Gasteiger partial charge in [0.05, 0.1) is 14.7 Å². The van der Waals surface area contributed by atoms with E-state index in [1.807, 2.05) is 12.2 Å². The Bertz CT molecular complexity index is 990. The summed E-state index contributed by atoms with van der Waals surface area (Å²) in [5.41, 5.74) is 1.42. The first-order valence-corrected chi connectivity index (χ1v) is 10.7. The second kappa shape index (κ2) is 7.16. The Kier molecular flexibility index (Phi) is 4.79. The van der Waals surface area contributed by atoms with Gasteiger partial charge >= 0.3 is 11.9 Å². The van der Waals surface area contributed by atoms with Crippen LogP contribution in [0.5, 0.6) is 0 Å². The molecule has 1 spiro atoms. The van der Waals surface area contributed by atoms with E-state index >= 15 is 0 Å². The fourth-order valence-corrected chi connectivity index (χ4v) is 6.32. The summed E-state index contributed by atoms with van der Waals surface area (Å²) in [6.07, 6.45) is 6.60. The molecule has 3 aliphatic rings. The van der Waals surface area contributed by atoms with Crippen molar-refractivity contribution >= 4 is 34.3 Å². The van der Waals surface area contributed by atoms with Crippen LogP contribution in [0.4, 0.5) is 5.69 Å². The predicted molar refractivity (Wildman–Crippen MR) is 108 cm³/mol. The molecule has 152 valence electrons. The predicted octanol–water partition coefficient (Wildman–Crippen LogP) is 3.64. The van der Waals surface area contributed by atoms with Crippen molar-refractivity contribution in [3.05, 3.63) is 62.6 Å². The number of nitrogens with zero attached hydrogens (tertiary/aromatic N) is 2. The van der Waals surface area contributed by atoms with Crippen LogP contribution in [0.1, 0.15) is 25.8 Å². The van der Waals surface area contributed by atoms with Gasteiger partial charge < -0.3 is 8.37 Å². The molecule has 1 aromatic rings. The maximum absolute atomic E-state index is 12.3. The molecule has 3 aliphatic heterocycles. The zero-order valence-corrected chi connectivity index (χ0v) is 16.8. The largest absolute Gasteiger partial charge is 0.354 e. The minimum Gasteiger partial charge on any atom is -0.331 e. The lowest BCUT2D eigenvalue weighted by Crippen LogP contribution is -2.35. The molecule has 0 aromatic heterocycles. The number of carbonyl (C=O) groups excluding carboxylic acids is 2. The van der Waals surface area contributed by atoms with Crippen LogP contribution in [-0.2, 0) is 18.0 Å². The van der Waals surface area contributed by atoms with Crippen molar-refractivity contribution < 1.29 is 22.9 Å². The number of carbonyl (C=O) groups is 2. The van der Waals surface area contributed by atoms with E-state index in [1.165, 1.54) is 12.1 Å². The van der Waals surface area contributed by atoms with Crippen LogP contribution in [-0.4, -0.2) is 40.9 Å². The van der Waals surface area contributed by atoms with E-state index in [2.05, 4.69) is 18.7 Å². The number of fused-ring (bicyclic) bond motifs is 2. The highest BCUT2D eigenvalue weighted by Gasteiger charge is 2.44. The van der Waals surface area contributed by atoms with Gasteiger partial charge in [-0.25, -0.2) is 9.59 Å². The van der Waals surface area contributed by atoms with Crippen molar-refractivity contribution in [3.63, 3.8) is 0 Å². The third-order valence-electron chi connectivity index (χ3n) is 5.12. The van der Waals surface area contributed by atoms with E-state index in [9.17, 15) is 19.7 Å². The zero-order chi connectivity index (χ0) is 20.8. The molecule has 0 saturated carbocycles. The molecule has 0 unspecified atom stereocenters. The van der Waals surface area contributed by atoms with Gasteiger partial charge in [0.15, 0.2) is 0 Å². The van der Waals surface area contributed by atoms with Gasteiger partial charge in [-0.15, -0.1) is 0 Å². The topological polar surface area (TPSA) is 99.0 Å². The highest BCUT2D eigenvalue weighted by Crippen LogP contribution is 2.72. The average Bonchev–Trinajstić information content (AvgIpc) is 2.89. The van der Waals surface area contributed by atoms with E-state index in [0.717, 1.165) is 30.8 Å². The van der Waals surface area contributed by atoms with Crippen molar-refractivity contribution in [2.75, 3.05) is 13.1 Å². The highest BCUT2D eigenvalue weighted by molar-refractivity contribution is 8.30. The lowest BCUT2D eigenvalue weighted by Gasteiger charge is -2.41. The monoisotopic (exact) mass is 416 g/mol. The number of non-ortho nitro benzene ring substituents is 1. The molecule has 0 atom stereocenters. The van der Waals surface area contributed by atoms with Gasteiger partial charge in [-0.2, -0.15) is 0 Å². The molecule has 0 bridgehead atoms. The molecule has 0 radical (unpaired) electrons. The molecular formula is C20H20N2O6S. The first-order chi connectivity index (χ1) is 13.8. The normalized spacial score (nSPS) is 21.8. The second-order valence-corrected chi connectivity index (χ2v) is 9.42. The van der Waals surface area contributed by atoms with Gasteiger partial charge in [-0.05, 0) is 38.0 Å². The van der Waals surface area contributed by atoms with Gasteiger partial charge in [0.2, 0.25) is 0 Å².